The molecule has 0 saturated carbocycles. The Hall–Kier alpha value is -3.12. The van der Waals surface area contributed by atoms with E-state index in [1.165, 1.54) is 11.3 Å². The number of thiophene rings is 1. The second kappa shape index (κ2) is 9.71. The van der Waals surface area contributed by atoms with Gasteiger partial charge in [0.1, 0.15) is 12.4 Å². The average molecular weight is 394 g/mol. The van der Waals surface area contributed by atoms with E-state index < -0.39 is 0 Å². The van der Waals surface area contributed by atoms with Crippen molar-refractivity contribution >= 4 is 23.2 Å². The van der Waals surface area contributed by atoms with Crippen molar-refractivity contribution in [3.8, 4) is 5.75 Å². The summed E-state index contributed by atoms with van der Waals surface area (Å²) in [6, 6.07) is 18.6. The van der Waals surface area contributed by atoms with Crippen LogP contribution in [0.1, 0.15) is 31.2 Å². The zero-order valence-corrected chi connectivity index (χ0v) is 16.4. The SMILES string of the molecule is Cc1ccccc1OCCNC(=O)c1ccc(CNC(=O)c2cccs2)cc1. The van der Waals surface area contributed by atoms with Crippen LogP contribution in [-0.4, -0.2) is 25.0 Å². The Balaban J connectivity index is 1.42. The first-order chi connectivity index (χ1) is 13.6. The molecule has 3 aromatic rings. The van der Waals surface area contributed by atoms with Crippen molar-refractivity contribution in [2.75, 3.05) is 13.2 Å². The number of hydrogen-bond donors (Lipinski definition) is 2. The molecule has 6 heteroatoms. The predicted octanol–water partition coefficient (Wildman–Crippen LogP) is 3.80. The zero-order valence-electron chi connectivity index (χ0n) is 15.6. The van der Waals surface area contributed by atoms with Crippen molar-refractivity contribution in [3.63, 3.8) is 0 Å². The van der Waals surface area contributed by atoms with Gasteiger partial charge < -0.3 is 15.4 Å². The number of hydrogen-bond acceptors (Lipinski definition) is 4. The number of rotatable bonds is 8. The smallest absolute Gasteiger partial charge is 0.261 e. The molecule has 5 nitrogen and oxygen atoms in total. The van der Waals surface area contributed by atoms with E-state index in [1.54, 1.807) is 18.2 Å². The molecule has 1 heterocycles. The van der Waals surface area contributed by atoms with E-state index in [9.17, 15) is 9.59 Å². The Labute approximate surface area is 168 Å². The summed E-state index contributed by atoms with van der Waals surface area (Å²) in [5.74, 6) is 0.582. The van der Waals surface area contributed by atoms with Crippen molar-refractivity contribution in [1.29, 1.82) is 0 Å². The molecule has 0 spiro atoms. The van der Waals surface area contributed by atoms with Crippen molar-refractivity contribution in [2.45, 2.75) is 13.5 Å². The van der Waals surface area contributed by atoms with E-state index >= 15 is 0 Å². The lowest BCUT2D eigenvalue weighted by molar-refractivity contribution is 0.0941. The van der Waals surface area contributed by atoms with Gasteiger partial charge in [0.2, 0.25) is 0 Å². The van der Waals surface area contributed by atoms with Crippen LogP contribution in [-0.2, 0) is 6.54 Å². The first kappa shape index (κ1) is 19.6. The van der Waals surface area contributed by atoms with Gasteiger partial charge in [-0.2, -0.15) is 0 Å². The number of aryl methyl sites for hydroxylation is 1. The average Bonchev–Trinajstić information content (AvgIpc) is 3.26. The lowest BCUT2D eigenvalue weighted by Crippen LogP contribution is -2.28. The van der Waals surface area contributed by atoms with Crippen LogP contribution in [0.4, 0.5) is 0 Å². The summed E-state index contributed by atoms with van der Waals surface area (Å²) >= 11 is 1.41. The van der Waals surface area contributed by atoms with Crippen molar-refractivity contribution in [1.82, 2.24) is 10.6 Å². The lowest BCUT2D eigenvalue weighted by atomic mass is 10.1. The van der Waals surface area contributed by atoms with Crippen LogP contribution in [0.25, 0.3) is 0 Å². The van der Waals surface area contributed by atoms with Crippen LogP contribution in [0.5, 0.6) is 5.75 Å². The highest BCUT2D eigenvalue weighted by molar-refractivity contribution is 7.12. The molecule has 0 fully saturated rings. The lowest BCUT2D eigenvalue weighted by Gasteiger charge is -2.10. The number of para-hydroxylation sites is 1. The van der Waals surface area contributed by atoms with Crippen LogP contribution in [0.15, 0.2) is 66.0 Å². The predicted molar refractivity (Wildman–Crippen MR) is 111 cm³/mol. The molecule has 0 aliphatic rings. The van der Waals surface area contributed by atoms with Gasteiger partial charge in [-0.15, -0.1) is 11.3 Å². The third kappa shape index (κ3) is 5.44. The topological polar surface area (TPSA) is 67.4 Å². The molecule has 144 valence electrons. The minimum atomic E-state index is -0.150. The summed E-state index contributed by atoms with van der Waals surface area (Å²) in [5.41, 5.74) is 2.57. The van der Waals surface area contributed by atoms with Crippen molar-refractivity contribution in [3.05, 3.63) is 87.6 Å². The van der Waals surface area contributed by atoms with E-state index in [-0.39, 0.29) is 11.8 Å². The number of ether oxygens (including phenoxy) is 1. The van der Waals surface area contributed by atoms with E-state index in [2.05, 4.69) is 10.6 Å². The van der Waals surface area contributed by atoms with Crippen LogP contribution in [0, 0.1) is 6.92 Å². The first-order valence-electron chi connectivity index (χ1n) is 9.01. The summed E-state index contributed by atoms with van der Waals surface area (Å²) in [6.07, 6.45) is 0. The summed E-state index contributed by atoms with van der Waals surface area (Å²) in [4.78, 5) is 24.9. The molecule has 0 radical (unpaired) electrons. The highest BCUT2D eigenvalue weighted by Gasteiger charge is 2.08. The van der Waals surface area contributed by atoms with Crippen LogP contribution in [0.3, 0.4) is 0 Å². The van der Waals surface area contributed by atoms with Gasteiger partial charge in [-0.25, -0.2) is 0 Å². The quantitative estimate of drug-likeness (QED) is 0.571. The Morgan fingerprint density at radius 2 is 1.71 bits per heavy atom. The number of carbonyl (C=O) groups excluding carboxylic acids is 2. The normalized spacial score (nSPS) is 10.3. The molecular weight excluding hydrogens is 372 g/mol. The minimum Gasteiger partial charge on any atom is -0.491 e. The molecule has 0 atom stereocenters. The van der Waals surface area contributed by atoms with Gasteiger partial charge >= 0.3 is 0 Å². The summed E-state index contributed by atoms with van der Waals surface area (Å²) < 4.78 is 5.67. The first-order valence-corrected chi connectivity index (χ1v) is 9.89. The summed E-state index contributed by atoms with van der Waals surface area (Å²) in [6.45, 7) is 3.23. The third-order valence-electron chi connectivity index (χ3n) is 4.15. The van der Waals surface area contributed by atoms with E-state index in [4.69, 9.17) is 4.74 Å². The van der Waals surface area contributed by atoms with Crippen molar-refractivity contribution in [2.24, 2.45) is 0 Å². The van der Waals surface area contributed by atoms with Gasteiger partial charge in [-0.1, -0.05) is 36.4 Å². The molecule has 0 aliphatic heterocycles. The second-order valence-electron chi connectivity index (χ2n) is 6.23. The number of carbonyl (C=O) groups is 2. The molecule has 2 aromatic carbocycles. The molecule has 0 aliphatic carbocycles. The Bertz CT molecular complexity index is 921. The summed E-state index contributed by atoms with van der Waals surface area (Å²) in [7, 11) is 0. The molecule has 2 N–H and O–H groups in total. The fourth-order valence-corrected chi connectivity index (χ4v) is 3.24. The molecular formula is C22H22N2O3S. The highest BCUT2D eigenvalue weighted by atomic mass is 32.1. The number of amides is 2. The molecule has 28 heavy (non-hydrogen) atoms. The van der Waals surface area contributed by atoms with Gasteiger partial charge in [0, 0.05) is 12.1 Å². The standard InChI is InChI=1S/C22H22N2O3S/c1-16-5-2-3-6-19(16)27-13-12-23-21(25)18-10-8-17(9-11-18)15-24-22(26)20-7-4-14-28-20/h2-11,14H,12-13,15H2,1H3,(H,23,25)(H,24,26). The Morgan fingerprint density at radius 3 is 2.43 bits per heavy atom. The molecule has 0 unspecified atom stereocenters. The monoisotopic (exact) mass is 394 g/mol. The van der Waals surface area contributed by atoms with Crippen LogP contribution < -0.4 is 15.4 Å². The molecule has 2 amide bonds. The van der Waals surface area contributed by atoms with Gasteiger partial charge in [0.15, 0.2) is 0 Å². The maximum absolute atomic E-state index is 12.2. The highest BCUT2D eigenvalue weighted by Crippen LogP contribution is 2.15. The van der Waals surface area contributed by atoms with Crippen LogP contribution >= 0.6 is 11.3 Å². The third-order valence-corrected chi connectivity index (χ3v) is 5.02. The minimum absolute atomic E-state index is 0.0922. The molecule has 1 aromatic heterocycles. The maximum Gasteiger partial charge on any atom is 0.261 e. The zero-order chi connectivity index (χ0) is 19.8. The Kier molecular flexibility index (Phi) is 6.81. The van der Waals surface area contributed by atoms with E-state index in [0.29, 0.717) is 30.1 Å². The van der Waals surface area contributed by atoms with Gasteiger partial charge in [0.05, 0.1) is 11.4 Å². The van der Waals surface area contributed by atoms with Crippen LogP contribution in [0.2, 0.25) is 0 Å². The van der Waals surface area contributed by atoms with Gasteiger partial charge in [-0.3, -0.25) is 9.59 Å². The van der Waals surface area contributed by atoms with Crippen molar-refractivity contribution < 1.29 is 14.3 Å². The fraction of sp³-hybridized carbons (Fsp3) is 0.182. The maximum atomic E-state index is 12.2. The molecule has 3 rings (SSSR count). The molecule has 0 bridgehead atoms. The Morgan fingerprint density at radius 1 is 0.929 bits per heavy atom. The summed E-state index contributed by atoms with van der Waals surface area (Å²) in [5, 5.41) is 7.58. The van der Waals surface area contributed by atoms with E-state index in [1.807, 2.05) is 54.8 Å². The molecule has 0 saturated heterocycles. The van der Waals surface area contributed by atoms with E-state index in [0.717, 1.165) is 16.9 Å². The fourth-order valence-electron chi connectivity index (χ4n) is 2.60. The van der Waals surface area contributed by atoms with Gasteiger partial charge in [0.25, 0.3) is 11.8 Å². The largest absolute Gasteiger partial charge is 0.491 e. The number of benzene rings is 2. The second-order valence-corrected chi connectivity index (χ2v) is 7.17. The van der Waals surface area contributed by atoms with Gasteiger partial charge in [-0.05, 0) is 47.7 Å². The number of nitrogens with one attached hydrogen (secondary N) is 2.